The molecule has 0 radical (unpaired) electrons. The number of nitrogens with zero attached hydrogens (tertiary/aromatic N) is 1. The van der Waals surface area contributed by atoms with Crippen molar-refractivity contribution in [2.75, 3.05) is 7.11 Å². The second kappa shape index (κ2) is 6.71. The molecule has 1 aromatic rings. The van der Waals surface area contributed by atoms with Gasteiger partial charge in [-0.1, -0.05) is 6.07 Å². The Morgan fingerprint density at radius 1 is 1.48 bits per heavy atom. The van der Waals surface area contributed by atoms with E-state index in [-0.39, 0.29) is 24.3 Å². The number of ether oxygens (including phenoxy) is 1. The van der Waals surface area contributed by atoms with E-state index in [1.54, 1.807) is 7.11 Å². The first-order chi connectivity index (χ1) is 10.0. The smallest absolute Gasteiger partial charge is 0.267 e. The maximum absolute atomic E-state index is 12.1. The molecule has 1 aliphatic rings. The second-order valence-electron chi connectivity index (χ2n) is 4.68. The molecule has 7 heteroatoms. The van der Waals surface area contributed by atoms with E-state index in [2.05, 4.69) is 31.8 Å². The zero-order chi connectivity index (χ0) is 15.4. The monoisotopic (exact) mass is 353 g/mol. The molecule has 1 heterocycles. The van der Waals surface area contributed by atoms with Crippen LogP contribution in [0.3, 0.4) is 0 Å². The highest BCUT2D eigenvalue weighted by Crippen LogP contribution is 2.27. The molecule has 1 aromatic carbocycles. The van der Waals surface area contributed by atoms with Gasteiger partial charge >= 0.3 is 0 Å². The standard InChI is InChI=1S/C14H16BrN3O3/c1-8(9-3-5-12(21-2)10(15)7-9)16-14(20)11-4-6-13(19)18-17-11/h3,5,7-8H,4,6H2,1-2H3,(H,16,20)(H,18,19). The number of methoxy groups -OCH3 is 1. The first kappa shape index (κ1) is 15.5. The van der Waals surface area contributed by atoms with E-state index >= 15 is 0 Å². The molecule has 6 nitrogen and oxygen atoms in total. The van der Waals surface area contributed by atoms with Gasteiger partial charge < -0.3 is 10.1 Å². The van der Waals surface area contributed by atoms with Crippen LogP contribution in [-0.2, 0) is 9.59 Å². The predicted molar refractivity (Wildman–Crippen MR) is 82.1 cm³/mol. The number of rotatable bonds is 4. The number of carbonyl (C=O) groups excluding carboxylic acids is 2. The van der Waals surface area contributed by atoms with E-state index in [0.29, 0.717) is 12.1 Å². The minimum Gasteiger partial charge on any atom is -0.496 e. The predicted octanol–water partition coefficient (Wildman–Crippen LogP) is 1.90. The SMILES string of the molecule is COc1ccc(C(C)NC(=O)C2=NNC(=O)CC2)cc1Br. The number of hydrogen-bond donors (Lipinski definition) is 2. The van der Waals surface area contributed by atoms with Gasteiger partial charge in [0.1, 0.15) is 11.5 Å². The summed E-state index contributed by atoms with van der Waals surface area (Å²) in [5, 5.41) is 6.64. The zero-order valence-corrected chi connectivity index (χ0v) is 13.4. The van der Waals surface area contributed by atoms with Crippen LogP contribution in [0.4, 0.5) is 0 Å². The summed E-state index contributed by atoms with van der Waals surface area (Å²) >= 11 is 3.42. The minimum absolute atomic E-state index is 0.168. The Morgan fingerprint density at radius 3 is 2.81 bits per heavy atom. The van der Waals surface area contributed by atoms with Crippen LogP contribution < -0.4 is 15.5 Å². The molecule has 0 fully saturated rings. The van der Waals surface area contributed by atoms with Crippen LogP contribution in [0.5, 0.6) is 5.75 Å². The topological polar surface area (TPSA) is 79.8 Å². The van der Waals surface area contributed by atoms with Gasteiger partial charge in [-0.3, -0.25) is 9.59 Å². The van der Waals surface area contributed by atoms with Crippen molar-refractivity contribution in [1.29, 1.82) is 0 Å². The van der Waals surface area contributed by atoms with E-state index in [9.17, 15) is 9.59 Å². The molecule has 0 spiro atoms. The summed E-state index contributed by atoms with van der Waals surface area (Å²) < 4.78 is 6.00. The molecule has 0 aromatic heterocycles. The van der Waals surface area contributed by atoms with Gasteiger partial charge in [-0.25, -0.2) is 5.43 Å². The van der Waals surface area contributed by atoms with Gasteiger partial charge in [0.25, 0.3) is 5.91 Å². The molecule has 2 N–H and O–H groups in total. The Kier molecular flexibility index (Phi) is 4.95. The Labute approximate surface area is 131 Å². The third kappa shape index (κ3) is 3.81. The van der Waals surface area contributed by atoms with Crippen molar-refractivity contribution >= 4 is 33.5 Å². The summed E-state index contributed by atoms with van der Waals surface area (Å²) in [5.74, 6) is 0.296. The first-order valence-electron chi connectivity index (χ1n) is 6.51. The molecule has 0 bridgehead atoms. The van der Waals surface area contributed by atoms with Crippen LogP contribution in [0.15, 0.2) is 27.8 Å². The summed E-state index contributed by atoms with van der Waals surface area (Å²) in [6.45, 7) is 1.88. The quantitative estimate of drug-likeness (QED) is 0.867. The van der Waals surface area contributed by atoms with Crippen molar-refractivity contribution < 1.29 is 14.3 Å². The van der Waals surface area contributed by atoms with E-state index in [4.69, 9.17) is 4.74 Å². The average Bonchev–Trinajstić information content (AvgIpc) is 2.47. The number of benzene rings is 1. The summed E-state index contributed by atoms with van der Waals surface area (Å²) in [7, 11) is 1.60. The number of halogens is 1. The van der Waals surface area contributed by atoms with Crippen molar-refractivity contribution in [2.45, 2.75) is 25.8 Å². The van der Waals surface area contributed by atoms with Gasteiger partial charge in [0, 0.05) is 12.8 Å². The molecule has 0 aliphatic carbocycles. The van der Waals surface area contributed by atoms with E-state index in [1.807, 2.05) is 25.1 Å². The fourth-order valence-electron chi connectivity index (χ4n) is 1.95. The molecule has 2 amide bonds. The number of amides is 2. The van der Waals surface area contributed by atoms with Gasteiger partial charge in [-0.2, -0.15) is 5.10 Å². The maximum atomic E-state index is 12.1. The summed E-state index contributed by atoms with van der Waals surface area (Å²) in [6, 6.07) is 5.44. The van der Waals surface area contributed by atoms with Crippen LogP contribution >= 0.6 is 15.9 Å². The fourth-order valence-corrected chi connectivity index (χ4v) is 2.51. The van der Waals surface area contributed by atoms with Crippen molar-refractivity contribution in [3.8, 4) is 5.75 Å². The number of nitrogens with one attached hydrogen (secondary N) is 2. The average molecular weight is 354 g/mol. The number of hydrogen-bond acceptors (Lipinski definition) is 4. The van der Waals surface area contributed by atoms with Crippen LogP contribution in [0, 0.1) is 0 Å². The fraction of sp³-hybridized carbons (Fsp3) is 0.357. The lowest BCUT2D eigenvalue weighted by molar-refractivity contribution is -0.121. The molecule has 1 unspecified atom stereocenters. The van der Waals surface area contributed by atoms with Crippen molar-refractivity contribution in [3.63, 3.8) is 0 Å². The molecule has 112 valence electrons. The lowest BCUT2D eigenvalue weighted by atomic mass is 10.1. The van der Waals surface area contributed by atoms with Crippen molar-refractivity contribution in [3.05, 3.63) is 28.2 Å². The summed E-state index contributed by atoms with van der Waals surface area (Å²) in [5.41, 5.74) is 3.60. The number of carbonyl (C=O) groups is 2. The summed E-state index contributed by atoms with van der Waals surface area (Å²) in [6.07, 6.45) is 0.644. The Balaban J connectivity index is 2.04. The normalized spacial score (nSPS) is 15.8. The minimum atomic E-state index is -0.269. The van der Waals surface area contributed by atoms with Gasteiger partial charge in [0.05, 0.1) is 17.6 Å². The highest BCUT2D eigenvalue weighted by Gasteiger charge is 2.20. The van der Waals surface area contributed by atoms with Gasteiger partial charge in [0.2, 0.25) is 5.91 Å². The second-order valence-corrected chi connectivity index (χ2v) is 5.54. The molecule has 1 atom stereocenters. The van der Waals surface area contributed by atoms with Crippen LogP contribution in [0.1, 0.15) is 31.4 Å². The molecule has 1 aliphatic heterocycles. The zero-order valence-electron chi connectivity index (χ0n) is 11.8. The molecule has 2 rings (SSSR count). The lowest BCUT2D eigenvalue weighted by Gasteiger charge is -2.17. The van der Waals surface area contributed by atoms with E-state index < -0.39 is 0 Å². The highest BCUT2D eigenvalue weighted by molar-refractivity contribution is 9.10. The summed E-state index contributed by atoms with van der Waals surface area (Å²) in [4.78, 5) is 23.1. The van der Waals surface area contributed by atoms with Crippen molar-refractivity contribution in [2.24, 2.45) is 5.10 Å². The van der Waals surface area contributed by atoms with Gasteiger partial charge in [0.15, 0.2) is 0 Å². The largest absolute Gasteiger partial charge is 0.496 e. The molecular formula is C14H16BrN3O3. The Bertz CT molecular complexity index is 601. The Morgan fingerprint density at radius 2 is 2.24 bits per heavy atom. The molecular weight excluding hydrogens is 338 g/mol. The van der Waals surface area contributed by atoms with Crippen molar-refractivity contribution in [1.82, 2.24) is 10.7 Å². The maximum Gasteiger partial charge on any atom is 0.267 e. The van der Waals surface area contributed by atoms with Crippen LogP contribution in [0.2, 0.25) is 0 Å². The van der Waals surface area contributed by atoms with Gasteiger partial charge in [-0.15, -0.1) is 0 Å². The molecule has 0 saturated heterocycles. The molecule has 0 saturated carbocycles. The number of hydrazone groups is 1. The third-order valence-electron chi connectivity index (χ3n) is 3.19. The third-order valence-corrected chi connectivity index (χ3v) is 3.81. The van der Waals surface area contributed by atoms with Gasteiger partial charge in [-0.05, 0) is 40.5 Å². The molecule has 21 heavy (non-hydrogen) atoms. The van der Waals surface area contributed by atoms with Crippen LogP contribution in [0.25, 0.3) is 0 Å². The lowest BCUT2D eigenvalue weighted by Crippen LogP contribution is -2.37. The Hall–Kier alpha value is -1.89. The first-order valence-corrected chi connectivity index (χ1v) is 7.30. The van der Waals surface area contributed by atoms with E-state index in [1.165, 1.54) is 0 Å². The highest BCUT2D eigenvalue weighted by atomic mass is 79.9. The van der Waals surface area contributed by atoms with E-state index in [0.717, 1.165) is 15.8 Å². The van der Waals surface area contributed by atoms with Crippen LogP contribution in [-0.4, -0.2) is 24.6 Å².